The lowest BCUT2D eigenvalue weighted by Crippen LogP contribution is -2.19. The molecule has 8 heteroatoms. The van der Waals surface area contributed by atoms with E-state index >= 15 is 0 Å². The Morgan fingerprint density at radius 1 is 1.24 bits per heavy atom. The van der Waals surface area contributed by atoms with Crippen LogP contribution in [-0.2, 0) is 11.3 Å². The molecule has 0 radical (unpaired) electrons. The Bertz CT molecular complexity index is 1040. The van der Waals surface area contributed by atoms with Gasteiger partial charge in [-0.25, -0.2) is 4.52 Å². The van der Waals surface area contributed by atoms with E-state index in [-0.39, 0.29) is 18.4 Å². The smallest absolute Gasteiger partial charge is 0.249 e. The second-order valence-electron chi connectivity index (χ2n) is 5.60. The minimum atomic E-state index is -0.233. The molecule has 0 aliphatic rings. The molecule has 25 heavy (non-hydrogen) atoms. The Hall–Kier alpha value is -3.55. The maximum Gasteiger partial charge on any atom is 0.249 e. The van der Waals surface area contributed by atoms with E-state index in [1.54, 1.807) is 29.2 Å². The molecular formula is C17H15N7O. The third-order valence-electron chi connectivity index (χ3n) is 3.80. The predicted molar refractivity (Wildman–Crippen MR) is 91.8 cm³/mol. The molecule has 4 aromatic heterocycles. The number of carbonyl (C=O) groups is 1. The number of hydrogen-bond acceptors (Lipinski definition) is 5. The molecule has 0 saturated carbocycles. The van der Waals surface area contributed by atoms with Crippen LogP contribution in [0.25, 0.3) is 16.8 Å². The van der Waals surface area contributed by atoms with Crippen molar-refractivity contribution >= 4 is 17.5 Å². The second kappa shape index (κ2) is 6.16. The van der Waals surface area contributed by atoms with Gasteiger partial charge in [0.05, 0.1) is 0 Å². The van der Waals surface area contributed by atoms with Crippen molar-refractivity contribution in [1.82, 2.24) is 29.4 Å². The number of pyridine rings is 2. The average Bonchev–Trinajstić information content (AvgIpc) is 3.23. The summed E-state index contributed by atoms with van der Waals surface area (Å²) in [5.41, 5.74) is 3.79. The fraction of sp³-hybridized carbons (Fsp3) is 0.118. The van der Waals surface area contributed by atoms with E-state index < -0.39 is 0 Å². The number of aryl methyl sites for hydroxylation is 1. The molecule has 4 heterocycles. The fourth-order valence-electron chi connectivity index (χ4n) is 2.57. The maximum absolute atomic E-state index is 12.0. The van der Waals surface area contributed by atoms with Crippen LogP contribution in [0.3, 0.4) is 0 Å². The van der Waals surface area contributed by atoms with Gasteiger partial charge in [0.2, 0.25) is 11.9 Å². The van der Waals surface area contributed by atoms with E-state index in [1.165, 1.54) is 4.68 Å². The summed E-state index contributed by atoms with van der Waals surface area (Å²) in [7, 11) is 0. The zero-order valence-electron chi connectivity index (χ0n) is 13.5. The van der Waals surface area contributed by atoms with E-state index in [0.717, 1.165) is 16.7 Å². The molecule has 0 aromatic carbocycles. The van der Waals surface area contributed by atoms with E-state index in [2.05, 4.69) is 25.5 Å². The lowest BCUT2D eigenvalue weighted by Gasteiger charge is -2.04. The monoisotopic (exact) mass is 333 g/mol. The van der Waals surface area contributed by atoms with Gasteiger partial charge in [0.25, 0.3) is 0 Å². The summed E-state index contributed by atoms with van der Waals surface area (Å²) in [6.45, 7) is 2.15. The normalized spacial score (nSPS) is 10.9. The van der Waals surface area contributed by atoms with Gasteiger partial charge >= 0.3 is 0 Å². The Kier molecular flexibility index (Phi) is 3.70. The molecule has 0 aliphatic heterocycles. The van der Waals surface area contributed by atoms with Crippen molar-refractivity contribution in [2.45, 2.75) is 13.5 Å². The van der Waals surface area contributed by atoms with E-state index in [0.29, 0.717) is 5.65 Å². The van der Waals surface area contributed by atoms with Crippen LogP contribution >= 0.6 is 0 Å². The van der Waals surface area contributed by atoms with E-state index in [1.807, 2.05) is 37.5 Å². The van der Waals surface area contributed by atoms with Crippen molar-refractivity contribution in [3.8, 4) is 11.1 Å². The molecule has 4 aromatic rings. The first kappa shape index (κ1) is 15.0. The Morgan fingerprint density at radius 3 is 2.96 bits per heavy atom. The van der Waals surface area contributed by atoms with Gasteiger partial charge in [-0.15, -0.1) is 5.10 Å². The van der Waals surface area contributed by atoms with Crippen molar-refractivity contribution in [2.24, 2.45) is 0 Å². The van der Waals surface area contributed by atoms with Gasteiger partial charge in [-0.1, -0.05) is 0 Å². The third-order valence-corrected chi connectivity index (χ3v) is 3.80. The number of rotatable bonds is 4. The summed E-state index contributed by atoms with van der Waals surface area (Å²) < 4.78 is 3.18. The number of nitrogens with one attached hydrogen (secondary N) is 1. The first-order valence-electron chi connectivity index (χ1n) is 7.74. The van der Waals surface area contributed by atoms with Crippen LogP contribution < -0.4 is 5.32 Å². The van der Waals surface area contributed by atoms with E-state index in [4.69, 9.17) is 0 Å². The molecule has 0 atom stereocenters. The van der Waals surface area contributed by atoms with Gasteiger partial charge in [-0.3, -0.25) is 19.8 Å². The fourth-order valence-corrected chi connectivity index (χ4v) is 2.57. The summed E-state index contributed by atoms with van der Waals surface area (Å²) in [6, 6.07) is 7.54. The van der Waals surface area contributed by atoms with Crippen LogP contribution in [0, 0.1) is 6.92 Å². The number of fused-ring (bicyclic) bond motifs is 1. The summed E-state index contributed by atoms with van der Waals surface area (Å²) in [5.74, 6) is 0.0279. The van der Waals surface area contributed by atoms with Crippen LogP contribution in [0.1, 0.15) is 5.56 Å². The summed E-state index contributed by atoms with van der Waals surface area (Å²) in [6.07, 6.45) is 8.80. The topological polar surface area (TPSA) is 90.0 Å². The van der Waals surface area contributed by atoms with Crippen molar-refractivity contribution in [1.29, 1.82) is 0 Å². The molecule has 124 valence electrons. The van der Waals surface area contributed by atoms with Crippen LogP contribution in [0.5, 0.6) is 0 Å². The number of carbonyl (C=O) groups excluding carboxylic acids is 1. The van der Waals surface area contributed by atoms with E-state index in [9.17, 15) is 4.79 Å². The molecule has 0 bridgehead atoms. The highest BCUT2D eigenvalue weighted by Gasteiger charge is 2.10. The van der Waals surface area contributed by atoms with Crippen LogP contribution in [0.2, 0.25) is 0 Å². The molecule has 8 nitrogen and oxygen atoms in total. The Morgan fingerprint density at radius 2 is 2.16 bits per heavy atom. The number of hydrogen-bond donors (Lipinski definition) is 1. The molecule has 4 rings (SSSR count). The predicted octanol–water partition coefficient (Wildman–Crippen LogP) is 1.93. The molecule has 0 unspecified atom stereocenters. The van der Waals surface area contributed by atoms with Crippen molar-refractivity contribution in [3.05, 3.63) is 60.8 Å². The molecule has 0 spiro atoms. The number of aromatic nitrogens is 6. The van der Waals surface area contributed by atoms with Gasteiger partial charge in [0, 0.05) is 42.1 Å². The molecule has 1 N–H and O–H groups in total. The van der Waals surface area contributed by atoms with Crippen LogP contribution in [-0.4, -0.2) is 35.3 Å². The Labute approximate surface area is 143 Å². The molecule has 0 fully saturated rings. The van der Waals surface area contributed by atoms with Crippen molar-refractivity contribution in [3.63, 3.8) is 0 Å². The van der Waals surface area contributed by atoms with Gasteiger partial charge in [0.15, 0.2) is 5.65 Å². The zero-order valence-corrected chi connectivity index (χ0v) is 13.5. The highest BCUT2D eigenvalue weighted by Crippen LogP contribution is 2.22. The summed E-state index contributed by atoms with van der Waals surface area (Å²) in [5, 5.41) is 11.0. The maximum atomic E-state index is 12.0. The van der Waals surface area contributed by atoms with Gasteiger partial charge in [-0.2, -0.15) is 10.1 Å². The van der Waals surface area contributed by atoms with Gasteiger partial charge in [0.1, 0.15) is 6.54 Å². The number of amides is 1. The summed E-state index contributed by atoms with van der Waals surface area (Å²) in [4.78, 5) is 20.5. The highest BCUT2D eigenvalue weighted by atomic mass is 16.2. The highest BCUT2D eigenvalue weighted by molar-refractivity contribution is 5.88. The third kappa shape index (κ3) is 3.09. The Balaban J connectivity index is 1.58. The second-order valence-corrected chi connectivity index (χ2v) is 5.60. The standard InChI is InChI=1S/C17H15N7O/c1-12-5-7-18-9-14(12)13-3-4-15-20-17(22-24(15)10-13)21-16(25)11-23-8-2-6-19-23/h2-10H,11H2,1H3,(H,21,22,25). The van der Waals surface area contributed by atoms with Crippen LogP contribution in [0.15, 0.2) is 55.2 Å². The van der Waals surface area contributed by atoms with Gasteiger partial charge in [-0.05, 0) is 36.8 Å². The van der Waals surface area contributed by atoms with Crippen molar-refractivity contribution < 1.29 is 4.79 Å². The molecule has 1 amide bonds. The molecule has 0 saturated heterocycles. The SMILES string of the molecule is Cc1ccncc1-c1ccc2nc(NC(=O)Cn3cccn3)nn2c1. The number of nitrogens with zero attached hydrogens (tertiary/aromatic N) is 6. The molecular weight excluding hydrogens is 318 g/mol. The zero-order chi connectivity index (χ0) is 17.2. The van der Waals surface area contributed by atoms with Crippen LogP contribution in [0.4, 0.5) is 5.95 Å². The minimum Gasteiger partial charge on any atom is -0.292 e. The first-order valence-corrected chi connectivity index (χ1v) is 7.74. The first-order chi connectivity index (χ1) is 12.2. The number of anilines is 1. The van der Waals surface area contributed by atoms with Gasteiger partial charge < -0.3 is 0 Å². The minimum absolute atomic E-state index is 0.114. The quantitative estimate of drug-likeness (QED) is 0.616. The lowest BCUT2D eigenvalue weighted by molar-refractivity contribution is -0.116. The molecule has 0 aliphatic carbocycles. The summed E-state index contributed by atoms with van der Waals surface area (Å²) >= 11 is 0. The lowest BCUT2D eigenvalue weighted by atomic mass is 10.1. The van der Waals surface area contributed by atoms with Crippen molar-refractivity contribution in [2.75, 3.05) is 5.32 Å². The average molecular weight is 333 g/mol. The largest absolute Gasteiger partial charge is 0.292 e.